The first kappa shape index (κ1) is 14.1. The Morgan fingerprint density at radius 3 is 2.76 bits per heavy atom. The second kappa shape index (κ2) is 6.71. The molecule has 5 heteroatoms. The van der Waals surface area contributed by atoms with E-state index in [4.69, 9.17) is 0 Å². The molecule has 1 unspecified atom stereocenters. The number of hydrogen-bond donors (Lipinski definition) is 1. The monoisotopic (exact) mass is 256 g/mol. The number of aromatic nitrogens is 1. The van der Waals surface area contributed by atoms with Gasteiger partial charge in [0.1, 0.15) is 9.84 Å². The third-order valence-corrected chi connectivity index (χ3v) is 3.51. The highest BCUT2D eigenvalue weighted by Gasteiger charge is 2.12. The first-order valence-electron chi connectivity index (χ1n) is 5.81. The third-order valence-electron chi connectivity index (χ3n) is 2.53. The van der Waals surface area contributed by atoms with Crippen molar-refractivity contribution in [3.05, 3.63) is 30.1 Å². The van der Waals surface area contributed by atoms with Crippen molar-refractivity contribution in [2.24, 2.45) is 0 Å². The molecule has 96 valence electrons. The Hall–Kier alpha value is -0.940. The van der Waals surface area contributed by atoms with Crippen LogP contribution in [0.4, 0.5) is 0 Å². The number of pyridine rings is 1. The summed E-state index contributed by atoms with van der Waals surface area (Å²) >= 11 is 0. The summed E-state index contributed by atoms with van der Waals surface area (Å²) in [7, 11) is -2.89. The van der Waals surface area contributed by atoms with Crippen LogP contribution in [-0.4, -0.2) is 38.0 Å². The molecule has 1 atom stereocenters. The van der Waals surface area contributed by atoms with E-state index in [1.54, 1.807) is 6.20 Å². The normalized spacial score (nSPS) is 13.5. The number of sulfone groups is 1. The van der Waals surface area contributed by atoms with Crippen LogP contribution < -0.4 is 5.32 Å². The number of nitrogens with zero attached hydrogens (tertiary/aromatic N) is 1. The average molecular weight is 256 g/mol. The second-order valence-electron chi connectivity index (χ2n) is 4.24. The molecule has 0 saturated heterocycles. The Bertz CT molecular complexity index is 417. The fourth-order valence-corrected chi connectivity index (χ4v) is 2.44. The summed E-state index contributed by atoms with van der Waals surface area (Å²) in [5.41, 5.74) is 1.13. The van der Waals surface area contributed by atoms with Gasteiger partial charge in [0.15, 0.2) is 0 Å². The van der Waals surface area contributed by atoms with Crippen LogP contribution in [0.1, 0.15) is 18.9 Å². The lowest BCUT2D eigenvalue weighted by Crippen LogP contribution is -2.32. The van der Waals surface area contributed by atoms with Gasteiger partial charge in [0.05, 0.1) is 5.75 Å². The van der Waals surface area contributed by atoms with Crippen molar-refractivity contribution in [3.63, 3.8) is 0 Å². The van der Waals surface area contributed by atoms with E-state index < -0.39 is 9.84 Å². The van der Waals surface area contributed by atoms with Crippen molar-refractivity contribution in [1.82, 2.24) is 10.3 Å². The van der Waals surface area contributed by atoms with E-state index in [-0.39, 0.29) is 11.8 Å². The number of likely N-dealkylation sites (N-methyl/N-ethyl adjacent to an activating group) is 1. The van der Waals surface area contributed by atoms with Gasteiger partial charge in [-0.1, -0.05) is 13.0 Å². The minimum atomic E-state index is -2.89. The minimum absolute atomic E-state index is 0.193. The summed E-state index contributed by atoms with van der Waals surface area (Å²) in [6, 6.07) is 4.10. The molecule has 4 nitrogen and oxygen atoms in total. The van der Waals surface area contributed by atoms with E-state index in [9.17, 15) is 8.42 Å². The minimum Gasteiger partial charge on any atom is -0.314 e. The quantitative estimate of drug-likeness (QED) is 0.792. The van der Waals surface area contributed by atoms with Crippen molar-refractivity contribution < 1.29 is 8.42 Å². The fraction of sp³-hybridized carbons (Fsp3) is 0.583. The lowest BCUT2D eigenvalue weighted by Gasteiger charge is -2.17. The molecule has 0 fully saturated rings. The summed E-state index contributed by atoms with van der Waals surface area (Å²) in [5, 5.41) is 3.31. The summed E-state index contributed by atoms with van der Waals surface area (Å²) in [5.74, 6) is 0.227. The van der Waals surface area contributed by atoms with Crippen LogP contribution in [0.5, 0.6) is 0 Å². The Balaban J connectivity index is 2.54. The number of rotatable bonds is 7. The fourth-order valence-electron chi connectivity index (χ4n) is 1.72. The van der Waals surface area contributed by atoms with Gasteiger partial charge in [-0.3, -0.25) is 4.98 Å². The Labute approximate surface area is 103 Å². The molecular formula is C12H20N2O2S. The van der Waals surface area contributed by atoms with Crippen molar-refractivity contribution in [1.29, 1.82) is 0 Å². The van der Waals surface area contributed by atoms with Crippen molar-refractivity contribution in [2.45, 2.75) is 25.8 Å². The molecular weight excluding hydrogens is 236 g/mol. The number of nitrogens with one attached hydrogen (secondary N) is 1. The maximum atomic E-state index is 11.2. The van der Waals surface area contributed by atoms with Gasteiger partial charge >= 0.3 is 0 Å². The van der Waals surface area contributed by atoms with Crippen LogP contribution in [0.3, 0.4) is 0 Å². The largest absolute Gasteiger partial charge is 0.314 e. The van der Waals surface area contributed by atoms with Crippen LogP contribution in [0.25, 0.3) is 0 Å². The molecule has 1 aromatic rings. The smallest absolute Gasteiger partial charge is 0.147 e. The highest BCUT2D eigenvalue weighted by Crippen LogP contribution is 2.05. The Kier molecular flexibility index (Phi) is 5.58. The molecule has 0 bridgehead atoms. The van der Waals surface area contributed by atoms with Crippen molar-refractivity contribution >= 4 is 9.84 Å². The highest BCUT2D eigenvalue weighted by molar-refractivity contribution is 7.90. The van der Waals surface area contributed by atoms with Gasteiger partial charge in [-0.2, -0.15) is 0 Å². The van der Waals surface area contributed by atoms with Crippen molar-refractivity contribution in [2.75, 3.05) is 18.6 Å². The molecule has 0 saturated carbocycles. The van der Waals surface area contributed by atoms with Crippen molar-refractivity contribution in [3.8, 4) is 0 Å². The zero-order valence-corrected chi connectivity index (χ0v) is 11.2. The molecule has 0 aliphatic rings. The first-order chi connectivity index (χ1) is 8.01. The molecule has 17 heavy (non-hydrogen) atoms. The van der Waals surface area contributed by atoms with E-state index >= 15 is 0 Å². The Morgan fingerprint density at radius 1 is 1.47 bits per heavy atom. The molecule has 0 aliphatic carbocycles. The van der Waals surface area contributed by atoms with Crippen LogP contribution in [0.2, 0.25) is 0 Å². The summed E-state index contributed by atoms with van der Waals surface area (Å²) in [6.45, 7) is 2.87. The molecule has 1 N–H and O–H groups in total. The van der Waals surface area contributed by atoms with Crippen LogP contribution in [0.15, 0.2) is 24.5 Å². The molecule has 0 aromatic carbocycles. The van der Waals surface area contributed by atoms with E-state index in [0.29, 0.717) is 6.42 Å². The van der Waals surface area contributed by atoms with E-state index in [1.807, 2.05) is 25.3 Å². The summed E-state index contributed by atoms with van der Waals surface area (Å²) in [6.07, 6.45) is 6.30. The molecule has 0 aliphatic heterocycles. The van der Waals surface area contributed by atoms with Gasteiger partial charge in [-0.15, -0.1) is 0 Å². The lowest BCUT2D eigenvalue weighted by atomic mass is 10.1. The van der Waals surface area contributed by atoms with Gasteiger partial charge in [-0.05, 0) is 31.0 Å². The van der Waals surface area contributed by atoms with Gasteiger partial charge in [0, 0.05) is 24.7 Å². The van der Waals surface area contributed by atoms with Gasteiger partial charge in [-0.25, -0.2) is 8.42 Å². The average Bonchev–Trinajstić information content (AvgIpc) is 2.27. The summed E-state index contributed by atoms with van der Waals surface area (Å²) < 4.78 is 22.3. The van der Waals surface area contributed by atoms with Crippen LogP contribution >= 0.6 is 0 Å². The first-order valence-corrected chi connectivity index (χ1v) is 7.87. The predicted octanol–water partition coefficient (Wildman–Crippen LogP) is 1.04. The third kappa shape index (κ3) is 6.38. The Morgan fingerprint density at radius 2 is 2.24 bits per heavy atom. The number of hydrogen-bond acceptors (Lipinski definition) is 4. The maximum Gasteiger partial charge on any atom is 0.147 e. The molecule has 1 rings (SSSR count). The molecule has 0 radical (unpaired) electrons. The predicted molar refractivity (Wildman–Crippen MR) is 69.7 cm³/mol. The second-order valence-corrected chi connectivity index (χ2v) is 6.50. The SMILES string of the molecule is CCNC(CCS(C)(=O)=O)Cc1cccnc1. The lowest BCUT2D eigenvalue weighted by molar-refractivity contribution is 0.505. The van der Waals surface area contributed by atoms with Gasteiger partial charge < -0.3 is 5.32 Å². The molecule has 0 amide bonds. The van der Waals surface area contributed by atoms with Gasteiger partial charge in [0.25, 0.3) is 0 Å². The molecule has 1 heterocycles. The molecule has 1 aromatic heterocycles. The zero-order chi connectivity index (χ0) is 12.7. The van der Waals surface area contributed by atoms with E-state index in [1.165, 1.54) is 6.26 Å². The van der Waals surface area contributed by atoms with E-state index in [2.05, 4.69) is 10.3 Å². The van der Waals surface area contributed by atoms with Crippen LogP contribution in [0, 0.1) is 0 Å². The van der Waals surface area contributed by atoms with Gasteiger partial charge in [0.2, 0.25) is 0 Å². The van der Waals surface area contributed by atoms with Crippen LogP contribution in [-0.2, 0) is 16.3 Å². The van der Waals surface area contributed by atoms with E-state index in [0.717, 1.165) is 18.5 Å². The standard InChI is InChI=1S/C12H20N2O2S/c1-3-14-12(6-8-17(2,15)16)9-11-5-4-7-13-10-11/h4-5,7,10,12,14H,3,6,8-9H2,1-2H3. The topological polar surface area (TPSA) is 59.1 Å². The summed E-state index contributed by atoms with van der Waals surface area (Å²) in [4.78, 5) is 4.06. The highest BCUT2D eigenvalue weighted by atomic mass is 32.2. The molecule has 0 spiro atoms. The maximum absolute atomic E-state index is 11.2. The zero-order valence-electron chi connectivity index (χ0n) is 10.4.